The number of hydrogen-bond donors (Lipinski definition) is 0. The zero-order chi connectivity index (χ0) is 12.9. The van der Waals surface area contributed by atoms with Crippen LogP contribution in [0.3, 0.4) is 0 Å². The predicted octanol–water partition coefficient (Wildman–Crippen LogP) is 3.36. The number of sulfone groups is 1. The lowest BCUT2D eigenvalue weighted by atomic mass is 10.2. The van der Waals surface area contributed by atoms with Gasteiger partial charge in [0.15, 0.2) is 9.84 Å². The van der Waals surface area contributed by atoms with Gasteiger partial charge in [0.25, 0.3) is 0 Å². The molecule has 0 aliphatic rings. The molecule has 0 amide bonds. The molecule has 1 rings (SSSR count). The van der Waals surface area contributed by atoms with Gasteiger partial charge < -0.3 is 0 Å². The third-order valence-corrected chi connectivity index (χ3v) is 6.62. The van der Waals surface area contributed by atoms with Gasteiger partial charge in [-0.05, 0) is 25.0 Å². The van der Waals surface area contributed by atoms with E-state index in [0.29, 0.717) is 21.9 Å². The molecule has 5 heteroatoms. The lowest BCUT2D eigenvalue weighted by Crippen LogP contribution is -2.19. The van der Waals surface area contributed by atoms with E-state index in [0.717, 1.165) is 24.2 Å². The van der Waals surface area contributed by atoms with E-state index < -0.39 is 9.84 Å². The van der Waals surface area contributed by atoms with E-state index in [1.807, 2.05) is 13.0 Å². The summed E-state index contributed by atoms with van der Waals surface area (Å²) in [7, 11) is -3.25. The van der Waals surface area contributed by atoms with Gasteiger partial charge in [-0.1, -0.05) is 26.7 Å². The Hall–Kier alpha value is -0.860. The first-order chi connectivity index (χ1) is 8.06. The summed E-state index contributed by atoms with van der Waals surface area (Å²) in [6.07, 6.45) is 3.26. The summed E-state index contributed by atoms with van der Waals surface area (Å²) in [6, 6.07) is 5.10. The highest BCUT2D eigenvalue weighted by atomic mass is 32.2. The minimum absolute atomic E-state index is 0.312. The molecule has 0 saturated heterocycles. The summed E-state index contributed by atoms with van der Waals surface area (Å²) in [5.41, 5.74) is 0. The van der Waals surface area contributed by atoms with E-state index in [1.165, 1.54) is 0 Å². The second-order valence-corrected chi connectivity index (χ2v) is 7.49. The molecule has 0 N–H and O–H groups in total. The van der Waals surface area contributed by atoms with Gasteiger partial charge in [0.2, 0.25) is 0 Å². The third-order valence-electron chi connectivity index (χ3n) is 2.75. The van der Waals surface area contributed by atoms with Crippen molar-refractivity contribution in [3.05, 3.63) is 17.0 Å². The maximum absolute atomic E-state index is 12.3. The third kappa shape index (κ3) is 3.30. The molecule has 1 aromatic heterocycles. The zero-order valence-electron chi connectivity index (χ0n) is 10.1. The smallest absolute Gasteiger partial charge is 0.190 e. The van der Waals surface area contributed by atoms with Crippen LogP contribution in [0.2, 0.25) is 0 Å². The minimum Gasteiger partial charge on any atom is -0.223 e. The Balaban J connectivity index is 2.96. The van der Waals surface area contributed by atoms with Crippen LogP contribution in [0.1, 0.15) is 44.4 Å². The summed E-state index contributed by atoms with van der Waals surface area (Å²) in [4.78, 5) is 0.453. The summed E-state index contributed by atoms with van der Waals surface area (Å²) < 4.78 is 24.9. The normalized spacial score (nSPS) is 13.2. The molecule has 0 radical (unpaired) electrons. The molecule has 0 fully saturated rings. The van der Waals surface area contributed by atoms with Gasteiger partial charge in [-0.3, -0.25) is 0 Å². The van der Waals surface area contributed by atoms with Crippen LogP contribution in [0.4, 0.5) is 0 Å². The van der Waals surface area contributed by atoms with E-state index in [9.17, 15) is 8.42 Å². The minimum atomic E-state index is -3.25. The molecule has 3 nitrogen and oxygen atoms in total. The highest BCUT2D eigenvalue weighted by molar-refractivity contribution is 7.94. The molecular weight excluding hydrogens is 254 g/mol. The Morgan fingerprint density at radius 2 is 2.12 bits per heavy atom. The monoisotopic (exact) mass is 271 g/mol. The van der Waals surface area contributed by atoms with Gasteiger partial charge in [-0.15, -0.1) is 11.3 Å². The Morgan fingerprint density at radius 1 is 1.41 bits per heavy atom. The molecule has 0 aliphatic heterocycles. The van der Waals surface area contributed by atoms with Gasteiger partial charge in [-0.2, -0.15) is 5.26 Å². The van der Waals surface area contributed by atoms with Crippen LogP contribution in [-0.4, -0.2) is 13.7 Å². The SMILES string of the molecule is CCCCC(CC)S(=O)(=O)c1ccc(C#N)s1. The average Bonchev–Trinajstić information content (AvgIpc) is 2.79. The fourth-order valence-electron chi connectivity index (χ4n) is 1.71. The van der Waals surface area contributed by atoms with Crippen molar-refractivity contribution in [2.45, 2.75) is 49.0 Å². The Morgan fingerprint density at radius 3 is 2.59 bits per heavy atom. The summed E-state index contributed by atoms with van der Waals surface area (Å²) in [5.74, 6) is 0. The molecule has 94 valence electrons. The standard InChI is InChI=1S/C12H17NO2S2/c1-3-5-6-11(4-2)17(14,15)12-8-7-10(9-13)16-12/h7-8,11H,3-6H2,1-2H3. The van der Waals surface area contributed by atoms with Crippen LogP contribution in [0.15, 0.2) is 16.3 Å². The molecule has 0 aliphatic carbocycles. The van der Waals surface area contributed by atoms with Crippen molar-refractivity contribution in [2.75, 3.05) is 0 Å². The van der Waals surface area contributed by atoms with Crippen molar-refractivity contribution in [1.29, 1.82) is 5.26 Å². The second-order valence-electron chi connectivity index (χ2n) is 3.95. The molecular formula is C12H17NO2S2. The largest absolute Gasteiger partial charge is 0.223 e. The van der Waals surface area contributed by atoms with Crippen LogP contribution in [-0.2, 0) is 9.84 Å². The van der Waals surface area contributed by atoms with Gasteiger partial charge in [0.1, 0.15) is 15.2 Å². The quantitative estimate of drug-likeness (QED) is 0.797. The van der Waals surface area contributed by atoms with Crippen molar-refractivity contribution in [2.24, 2.45) is 0 Å². The van der Waals surface area contributed by atoms with E-state index in [4.69, 9.17) is 5.26 Å². The molecule has 0 aromatic carbocycles. The Kier molecular flexibility index (Phi) is 5.16. The average molecular weight is 271 g/mol. The molecule has 1 heterocycles. The number of hydrogen-bond acceptors (Lipinski definition) is 4. The maximum Gasteiger partial charge on any atom is 0.190 e. The van der Waals surface area contributed by atoms with Gasteiger partial charge in [0.05, 0.1) is 5.25 Å². The van der Waals surface area contributed by atoms with Gasteiger partial charge in [-0.25, -0.2) is 8.42 Å². The summed E-state index contributed by atoms with van der Waals surface area (Å²) in [6.45, 7) is 3.95. The van der Waals surface area contributed by atoms with Crippen molar-refractivity contribution >= 4 is 21.2 Å². The van der Waals surface area contributed by atoms with Crippen molar-refractivity contribution in [3.8, 4) is 6.07 Å². The van der Waals surface area contributed by atoms with Crippen LogP contribution >= 0.6 is 11.3 Å². The van der Waals surface area contributed by atoms with E-state index >= 15 is 0 Å². The molecule has 0 bridgehead atoms. The number of nitriles is 1. The van der Waals surface area contributed by atoms with Crippen LogP contribution < -0.4 is 0 Å². The number of rotatable bonds is 6. The van der Waals surface area contributed by atoms with Crippen molar-refractivity contribution in [3.63, 3.8) is 0 Å². The molecule has 1 unspecified atom stereocenters. The molecule has 1 aromatic rings. The molecule has 0 spiro atoms. The number of thiophene rings is 1. The van der Waals surface area contributed by atoms with Crippen molar-refractivity contribution in [1.82, 2.24) is 0 Å². The number of nitrogens with zero attached hydrogens (tertiary/aromatic N) is 1. The molecule has 0 saturated carbocycles. The fourth-order valence-corrected chi connectivity index (χ4v) is 4.89. The second kappa shape index (κ2) is 6.18. The lowest BCUT2D eigenvalue weighted by Gasteiger charge is -2.13. The highest BCUT2D eigenvalue weighted by Gasteiger charge is 2.26. The highest BCUT2D eigenvalue weighted by Crippen LogP contribution is 2.28. The van der Waals surface area contributed by atoms with Crippen LogP contribution in [0.5, 0.6) is 0 Å². The fraction of sp³-hybridized carbons (Fsp3) is 0.583. The first-order valence-corrected chi connectivity index (χ1v) is 8.16. The Bertz CT molecular complexity index is 497. The molecule has 1 atom stereocenters. The van der Waals surface area contributed by atoms with Crippen LogP contribution in [0.25, 0.3) is 0 Å². The first-order valence-electron chi connectivity index (χ1n) is 5.80. The summed E-state index contributed by atoms with van der Waals surface area (Å²) >= 11 is 1.07. The van der Waals surface area contributed by atoms with Crippen LogP contribution in [0, 0.1) is 11.3 Å². The topological polar surface area (TPSA) is 57.9 Å². The van der Waals surface area contributed by atoms with E-state index in [2.05, 4.69) is 6.92 Å². The summed E-state index contributed by atoms with van der Waals surface area (Å²) in [5, 5.41) is 8.41. The zero-order valence-corrected chi connectivity index (χ0v) is 11.8. The number of unbranched alkanes of at least 4 members (excludes halogenated alkanes) is 1. The molecule has 17 heavy (non-hydrogen) atoms. The van der Waals surface area contributed by atoms with E-state index in [-0.39, 0.29) is 5.25 Å². The Labute approximate surface area is 107 Å². The van der Waals surface area contributed by atoms with Gasteiger partial charge >= 0.3 is 0 Å². The lowest BCUT2D eigenvalue weighted by molar-refractivity contribution is 0.560. The van der Waals surface area contributed by atoms with E-state index in [1.54, 1.807) is 12.1 Å². The van der Waals surface area contributed by atoms with Gasteiger partial charge in [0, 0.05) is 0 Å². The first kappa shape index (κ1) is 14.2. The maximum atomic E-state index is 12.3. The predicted molar refractivity (Wildman–Crippen MR) is 69.8 cm³/mol. The van der Waals surface area contributed by atoms with Crippen molar-refractivity contribution < 1.29 is 8.42 Å².